The van der Waals surface area contributed by atoms with Gasteiger partial charge in [-0.3, -0.25) is 4.79 Å². The molecular formula is C24H28NO6-. The van der Waals surface area contributed by atoms with Crippen molar-refractivity contribution in [3.8, 4) is 0 Å². The van der Waals surface area contributed by atoms with Gasteiger partial charge in [-0.1, -0.05) is 34.1 Å². The van der Waals surface area contributed by atoms with Crippen LogP contribution >= 0.6 is 0 Å². The van der Waals surface area contributed by atoms with E-state index in [9.17, 15) is 19.5 Å². The molecule has 0 aliphatic carbocycles. The molecule has 1 atom stereocenters. The molecule has 166 valence electrons. The van der Waals surface area contributed by atoms with Crippen LogP contribution in [0.3, 0.4) is 0 Å². The molecule has 0 aliphatic heterocycles. The average Bonchev–Trinajstić information content (AvgIpc) is 3.09. The van der Waals surface area contributed by atoms with Gasteiger partial charge in [0.1, 0.15) is 11.2 Å². The molecule has 2 aromatic heterocycles. The number of benzene rings is 1. The highest BCUT2D eigenvalue weighted by Crippen LogP contribution is 2.35. The first-order valence-corrected chi connectivity index (χ1v) is 10.5. The zero-order chi connectivity index (χ0) is 22.9. The second-order valence-electron chi connectivity index (χ2n) is 8.96. The highest BCUT2D eigenvalue weighted by molar-refractivity contribution is 5.97. The summed E-state index contributed by atoms with van der Waals surface area (Å²) in [5, 5.41) is 15.3. The van der Waals surface area contributed by atoms with E-state index in [0.717, 1.165) is 21.9 Å². The van der Waals surface area contributed by atoms with Crippen LogP contribution in [0.4, 0.5) is 0 Å². The van der Waals surface area contributed by atoms with Gasteiger partial charge in [0.2, 0.25) is 5.91 Å². The molecule has 0 spiro atoms. The maximum absolute atomic E-state index is 12.6. The maximum atomic E-state index is 12.6. The first-order valence-electron chi connectivity index (χ1n) is 10.5. The van der Waals surface area contributed by atoms with Crippen LogP contribution in [0.25, 0.3) is 21.9 Å². The van der Waals surface area contributed by atoms with Gasteiger partial charge in [-0.25, -0.2) is 4.79 Å². The third-order valence-corrected chi connectivity index (χ3v) is 5.59. The fourth-order valence-corrected chi connectivity index (χ4v) is 3.82. The van der Waals surface area contributed by atoms with E-state index in [2.05, 4.69) is 26.1 Å². The number of hydrogen-bond acceptors (Lipinski definition) is 6. The van der Waals surface area contributed by atoms with Crippen LogP contribution in [0, 0.1) is 6.92 Å². The summed E-state index contributed by atoms with van der Waals surface area (Å²) in [4.78, 5) is 35.9. The summed E-state index contributed by atoms with van der Waals surface area (Å²) in [7, 11) is 0. The van der Waals surface area contributed by atoms with Gasteiger partial charge in [-0.05, 0) is 36.8 Å². The quantitative estimate of drug-likeness (QED) is 0.581. The number of carbonyl (C=O) groups excluding carboxylic acids is 2. The lowest BCUT2D eigenvalue weighted by Gasteiger charge is -2.19. The Morgan fingerprint density at radius 1 is 1.16 bits per heavy atom. The van der Waals surface area contributed by atoms with E-state index in [1.807, 2.05) is 19.9 Å². The Morgan fingerprint density at radius 3 is 2.48 bits per heavy atom. The van der Waals surface area contributed by atoms with Gasteiger partial charge < -0.3 is 24.1 Å². The van der Waals surface area contributed by atoms with E-state index < -0.39 is 23.5 Å². The second kappa shape index (κ2) is 8.57. The maximum Gasteiger partial charge on any atom is 0.339 e. The second-order valence-corrected chi connectivity index (χ2v) is 8.96. The lowest BCUT2D eigenvalue weighted by Crippen LogP contribution is -2.47. The van der Waals surface area contributed by atoms with Gasteiger partial charge in [0, 0.05) is 34.4 Å². The predicted octanol–water partition coefficient (Wildman–Crippen LogP) is 3.11. The monoisotopic (exact) mass is 426 g/mol. The number of amides is 1. The molecule has 1 amide bonds. The molecule has 0 radical (unpaired) electrons. The van der Waals surface area contributed by atoms with Crippen LogP contribution in [0.2, 0.25) is 0 Å². The Kier molecular flexibility index (Phi) is 6.25. The zero-order valence-electron chi connectivity index (χ0n) is 18.6. The fourth-order valence-electron chi connectivity index (χ4n) is 3.82. The molecule has 1 aromatic carbocycles. The minimum absolute atomic E-state index is 0.0220. The summed E-state index contributed by atoms with van der Waals surface area (Å²) >= 11 is 0. The SMILES string of the molecule is CCC[C@@H](NC(=O)CCc1c(C)c2cc3c(C(C)(C)C)coc3cc2oc1=O)C(=O)[O-]. The predicted molar refractivity (Wildman–Crippen MR) is 116 cm³/mol. The molecule has 0 bridgehead atoms. The van der Waals surface area contributed by atoms with E-state index in [4.69, 9.17) is 8.83 Å². The van der Waals surface area contributed by atoms with Crippen molar-refractivity contribution in [1.29, 1.82) is 0 Å². The molecule has 3 aromatic rings. The molecule has 1 N–H and O–H groups in total. The zero-order valence-corrected chi connectivity index (χ0v) is 18.6. The molecule has 0 saturated heterocycles. The Hall–Kier alpha value is -3.09. The molecule has 7 heteroatoms. The number of carbonyl (C=O) groups is 2. The summed E-state index contributed by atoms with van der Waals surface area (Å²) in [6.07, 6.45) is 2.75. The summed E-state index contributed by atoms with van der Waals surface area (Å²) in [6.45, 7) is 9.95. The van der Waals surface area contributed by atoms with E-state index in [0.29, 0.717) is 29.6 Å². The number of rotatable bonds is 7. The van der Waals surface area contributed by atoms with Gasteiger partial charge >= 0.3 is 5.63 Å². The van der Waals surface area contributed by atoms with E-state index in [1.54, 1.807) is 12.3 Å². The summed E-state index contributed by atoms with van der Waals surface area (Å²) in [5.74, 6) is -1.75. The third kappa shape index (κ3) is 4.65. The molecule has 0 unspecified atom stereocenters. The van der Waals surface area contributed by atoms with Crippen LogP contribution in [0.5, 0.6) is 0 Å². The van der Waals surface area contributed by atoms with Crippen LogP contribution in [0.15, 0.2) is 32.0 Å². The highest BCUT2D eigenvalue weighted by Gasteiger charge is 2.22. The van der Waals surface area contributed by atoms with Gasteiger partial charge in [0.05, 0.1) is 18.3 Å². The Labute approximate surface area is 180 Å². The van der Waals surface area contributed by atoms with E-state index in [-0.39, 0.29) is 18.3 Å². The van der Waals surface area contributed by atoms with Gasteiger partial charge in [0.15, 0.2) is 0 Å². The molecule has 7 nitrogen and oxygen atoms in total. The smallest absolute Gasteiger partial charge is 0.339 e. The van der Waals surface area contributed by atoms with Crippen molar-refractivity contribution < 1.29 is 23.5 Å². The molecule has 0 aliphatic rings. The number of hydrogen-bond donors (Lipinski definition) is 1. The summed E-state index contributed by atoms with van der Waals surface area (Å²) in [5.41, 5.74) is 2.66. The van der Waals surface area contributed by atoms with Crippen molar-refractivity contribution in [2.24, 2.45) is 0 Å². The number of carboxylic acids is 1. The topological polar surface area (TPSA) is 113 Å². The van der Waals surface area contributed by atoms with Crippen LogP contribution in [0.1, 0.15) is 63.6 Å². The standard InChI is InChI=1S/C24H29NO6/c1-6-7-18(22(27)28)25-21(26)9-8-14-13(2)15-10-16-17(24(3,4)5)12-30-19(16)11-20(15)31-23(14)29/h10-12,18H,6-9H2,1-5H3,(H,25,26)(H,27,28)/p-1/t18-/m1/s1. The number of furan rings is 1. The van der Waals surface area contributed by atoms with Gasteiger partial charge in [0.25, 0.3) is 0 Å². The lowest BCUT2D eigenvalue weighted by atomic mass is 9.86. The van der Waals surface area contributed by atoms with Crippen molar-refractivity contribution in [3.05, 3.63) is 45.5 Å². The largest absolute Gasteiger partial charge is 0.548 e. The van der Waals surface area contributed by atoms with Crippen LogP contribution in [-0.4, -0.2) is 17.9 Å². The van der Waals surface area contributed by atoms with Crippen LogP contribution < -0.4 is 16.0 Å². The number of nitrogens with one attached hydrogen (secondary N) is 1. The number of aryl methyl sites for hydroxylation is 1. The Morgan fingerprint density at radius 2 is 1.87 bits per heavy atom. The summed E-state index contributed by atoms with van der Waals surface area (Å²) < 4.78 is 11.2. The molecule has 0 saturated carbocycles. The molecule has 31 heavy (non-hydrogen) atoms. The normalized spacial score (nSPS) is 12.9. The summed E-state index contributed by atoms with van der Waals surface area (Å²) in [6, 6.07) is 2.65. The Bertz CT molecular complexity index is 1190. The van der Waals surface area contributed by atoms with Crippen molar-refractivity contribution in [2.45, 2.75) is 71.8 Å². The van der Waals surface area contributed by atoms with Crippen LogP contribution in [-0.2, 0) is 21.4 Å². The van der Waals surface area contributed by atoms with Gasteiger partial charge in [-0.2, -0.15) is 0 Å². The van der Waals surface area contributed by atoms with E-state index >= 15 is 0 Å². The minimum Gasteiger partial charge on any atom is -0.548 e. The third-order valence-electron chi connectivity index (χ3n) is 5.59. The Balaban J connectivity index is 1.92. The van der Waals surface area contributed by atoms with Gasteiger partial charge in [-0.15, -0.1) is 0 Å². The number of fused-ring (bicyclic) bond motifs is 2. The lowest BCUT2D eigenvalue weighted by molar-refractivity contribution is -0.308. The number of carboxylic acid groups (broad SMARTS) is 1. The van der Waals surface area contributed by atoms with Crippen molar-refractivity contribution in [3.63, 3.8) is 0 Å². The first kappa shape index (κ1) is 22.6. The highest BCUT2D eigenvalue weighted by atomic mass is 16.4. The van der Waals surface area contributed by atoms with E-state index in [1.165, 1.54) is 0 Å². The molecule has 3 rings (SSSR count). The number of aliphatic carboxylic acids is 1. The minimum atomic E-state index is -1.31. The van der Waals surface area contributed by atoms with Crippen molar-refractivity contribution >= 4 is 33.8 Å². The molecule has 2 heterocycles. The molecule has 0 fully saturated rings. The molecular weight excluding hydrogens is 398 g/mol. The fraction of sp³-hybridized carbons (Fsp3) is 0.458. The average molecular weight is 426 g/mol. The first-order chi connectivity index (χ1) is 14.5. The van der Waals surface area contributed by atoms with Crippen molar-refractivity contribution in [1.82, 2.24) is 5.32 Å². The van der Waals surface area contributed by atoms with Crippen molar-refractivity contribution in [2.75, 3.05) is 0 Å².